The molecule has 0 bridgehead atoms. The molecule has 2 aromatic rings. The number of carbonyl (C=O) groups excluding carboxylic acids is 2. The van der Waals surface area contributed by atoms with E-state index in [1.165, 1.54) is 12.8 Å². The minimum absolute atomic E-state index is 0.259. The summed E-state index contributed by atoms with van der Waals surface area (Å²) in [5.74, 6) is 0.557. The summed E-state index contributed by atoms with van der Waals surface area (Å²) in [5.41, 5.74) is 1.89. The van der Waals surface area contributed by atoms with E-state index in [0.29, 0.717) is 12.3 Å². The van der Waals surface area contributed by atoms with E-state index in [0.717, 1.165) is 29.7 Å². The fourth-order valence-corrected chi connectivity index (χ4v) is 3.66. The lowest BCUT2D eigenvalue weighted by Gasteiger charge is -2.20. The van der Waals surface area contributed by atoms with Gasteiger partial charge in [-0.3, -0.25) is 9.59 Å². The molecule has 1 amide bonds. The molecule has 5 nitrogen and oxygen atoms in total. The highest BCUT2D eigenvalue weighted by atomic mass is 16.5. The van der Waals surface area contributed by atoms with Crippen LogP contribution in [0.15, 0.2) is 54.6 Å². The Morgan fingerprint density at radius 2 is 1.64 bits per heavy atom. The van der Waals surface area contributed by atoms with Gasteiger partial charge in [-0.1, -0.05) is 55.3 Å². The smallest absolute Gasteiger partial charge is 0.306 e. The molecule has 5 heteroatoms. The summed E-state index contributed by atoms with van der Waals surface area (Å²) in [7, 11) is 1.62. The Balaban J connectivity index is 1.61. The van der Waals surface area contributed by atoms with Crippen molar-refractivity contribution in [2.45, 2.75) is 38.1 Å². The number of benzene rings is 2. The first-order valence-corrected chi connectivity index (χ1v) is 9.79. The third-order valence-corrected chi connectivity index (χ3v) is 5.18. The summed E-state index contributed by atoms with van der Waals surface area (Å²) in [6.45, 7) is -0.259. The average molecular weight is 381 g/mol. The van der Waals surface area contributed by atoms with Crippen molar-refractivity contribution in [3.05, 3.63) is 65.7 Å². The van der Waals surface area contributed by atoms with Crippen LogP contribution in [0.25, 0.3) is 0 Å². The number of hydrogen-bond donors (Lipinski definition) is 1. The van der Waals surface area contributed by atoms with Crippen molar-refractivity contribution in [2.24, 2.45) is 5.92 Å². The number of amides is 1. The lowest BCUT2D eigenvalue weighted by molar-refractivity contribution is -0.149. The van der Waals surface area contributed by atoms with Crippen molar-refractivity contribution < 1.29 is 19.1 Å². The standard InChI is InChI=1S/C23H27NO4/c1-27-20-13-11-19(12-14-20)23(18-9-3-2-4-10-18)24-21(25)16-28-22(26)15-17-7-5-6-8-17/h2-4,9-14,17,23H,5-8,15-16H2,1H3,(H,24,25)/t23-/m1/s1. The minimum Gasteiger partial charge on any atom is -0.497 e. The van der Waals surface area contributed by atoms with Crippen LogP contribution in [0.4, 0.5) is 0 Å². The zero-order valence-corrected chi connectivity index (χ0v) is 16.2. The second-order valence-corrected chi connectivity index (χ2v) is 7.20. The Hall–Kier alpha value is -2.82. The summed E-state index contributed by atoms with van der Waals surface area (Å²) in [5, 5.41) is 2.98. The summed E-state index contributed by atoms with van der Waals surface area (Å²) in [6, 6.07) is 16.9. The maximum atomic E-state index is 12.5. The van der Waals surface area contributed by atoms with Gasteiger partial charge in [0, 0.05) is 6.42 Å². The van der Waals surface area contributed by atoms with Crippen LogP contribution in [-0.4, -0.2) is 25.6 Å². The van der Waals surface area contributed by atoms with E-state index in [4.69, 9.17) is 9.47 Å². The number of nitrogens with one attached hydrogen (secondary N) is 1. The van der Waals surface area contributed by atoms with Crippen LogP contribution in [0.1, 0.15) is 49.3 Å². The molecule has 1 saturated carbocycles. The van der Waals surface area contributed by atoms with E-state index < -0.39 is 0 Å². The molecule has 28 heavy (non-hydrogen) atoms. The third kappa shape index (κ3) is 5.59. The van der Waals surface area contributed by atoms with Crippen molar-refractivity contribution >= 4 is 11.9 Å². The molecular formula is C23H27NO4. The lowest BCUT2D eigenvalue weighted by Crippen LogP contribution is -2.33. The molecule has 0 aromatic heterocycles. The van der Waals surface area contributed by atoms with E-state index >= 15 is 0 Å². The van der Waals surface area contributed by atoms with E-state index in [1.54, 1.807) is 7.11 Å². The third-order valence-electron chi connectivity index (χ3n) is 5.18. The van der Waals surface area contributed by atoms with Crippen molar-refractivity contribution in [1.29, 1.82) is 0 Å². The van der Waals surface area contributed by atoms with Gasteiger partial charge in [-0.05, 0) is 42.0 Å². The Morgan fingerprint density at radius 1 is 1.00 bits per heavy atom. The Kier molecular flexibility index (Phi) is 7.06. The first kappa shape index (κ1) is 19.9. The molecule has 1 N–H and O–H groups in total. The van der Waals surface area contributed by atoms with E-state index in [9.17, 15) is 9.59 Å². The van der Waals surface area contributed by atoms with Gasteiger partial charge in [-0.25, -0.2) is 0 Å². The van der Waals surface area contributed by atoms with Crippen LogP contribution in [0, 0.1) is 5.92 Å². The van der Waals surface area contributed by atoms with Crippen LogP contribution in [0.5, 0.6) is 5.75 Å². The fourth-order valence-electron chi connectivity index (χ4n) is 3.66. The van der Waals surface area contributed by atoms with Crippen LogP contribution >= 0.6 is 0 Å². The number of hydrogen-bond acceptors (Lipinski definition) is 4. The topological polar surface area (TPSA) is 64.6 Å². The molecule has 0 spiro atoms. The zero-order chi connectivity index (χ0) is 19.8. The quantitative estimate of drug-likeness (QED) is 0.702. The Labute approximate surface area is 166 Å². The second-order valence-electron chi connectivity index (χ2n) is 7.20. The van der Waals surface area contributed by atoms with Crippen LogP contribution in [0.2, 0.25) is 0 Å². The fraction of sp³-hybridized carbons (Fsp3) is 0.391. The molecule has 2 aromatic carbocycles. The highest BCUT2D eigenvalue weighted by Crippen LogP contribution is 2.28. The number of carbonyl (C=O) groups is 2. The van der Waals surface area contributed by atoms with Gasteiger partial charge in [-0.2, -0.15) is 0 Å². The zero-order valence-electron chi connectivity index (χ0n) is 16.2. The van der Waals surface area contributed by atoms with Crippen LogP contribution in [0.3, 0.4) is 0 Å². The van der Waals surface area contributed by atoms with Crippen LogP contribution < -0.4 is 10.1 Å². The van der Waals surface area contributed by atoms with Gasteiger partial charge in [0.1, 0.15) is 5.75 Å². The van der Waals surface area contributed by atoms with Gasteiger partial charge in [0.25, 0.3) is 5.91 Å². The predicted octanol–water partition coefficient (Wildman–Crippen LogP) is 4.02. The molecule has 0 aliphatic heterocycles. The molecule has 0 radical (unpaired) electrons. The summed E-state index contributed by atoms with van der Waals surface area (Å²) < 4.78 is 10.4. The highest BCUT2D eigenvalue weighted by molar-refractivity contribution is 5.81. The predicted molar refractivity (Wildman–Crippen MR) is 107 cm³/mol. The Bertz CT molecular complexity index is 767. The highest BCUT2D eigenvalue weighted by Gasteiger charge is 2.21. The molecule has 3 rings (SSSR count). The molecule has 1 fully saturated rings. The molecule has 1 aliphatic rings. The molecule has 0 saturated heterocycles. The molecule has 1 aliphatic carbocycles. The second kappa shape index (κ2) is 9.93. The normalized spacial score (nSPS) is 15.0. The van der Waals surface area contributed by atoms with Crippen molar-refractivity contribution in [3.63, 3.8) is 0 Å². The van der Waals surface area contributed by atoms with Gasteiger partial charge in [0.05, 0.1) is 13.2 Å². The summed E-state index contributed by atoms with van der Waals surface area (Å²) in [4.78, 5) is 24.4. The first-order chi connectivity index (χ1) is 13.7. The molecular weight excluding hydrogens is 354 g/mol. The largest absolute Gasteiger partial charge is 0.497 e. The molecule has 148 valence electrons. The summed E-state index contributed by atoms with van der Waals surface area (Å²) in [6.07, 6.45) is 4.93. The monoisotopic (exact) mass is 381 g/mol. The SMILES string of the molecule is COc1ccc([C@H](NC(=O)COC(=O)CC2CCCC2)c2ccccc2)cc1. The van der Waals surface area contributed by atoms with E-state index in [-0.39, 0.29) is 24.5 Å². The van der Waals surface area contributed by atoms with Gasteiger partial charge in [0.2, 0.25) is 0 Å². The average Bonchev–Trinajstić information content (AvgIpc) is 3.24. The number of ether oxygens (including phenoxy) is 2. The maximum absolute atomic E-state index is 12.5. The Morgan fingerprint density at radius 3 is 2.29 bits per heavy atom. The first-order valence-electron chi connectivity index (χ1n) is 9.79. The van der Waals surface area contributed by atoms with Crippen molar-refractivity contribution in [1.82, 2.24) is 5.32 Å². The number of esters is 1. The van der Waals surface area contributed by atoms with Crippen molar-refractivity contribution in [2.75, 3.05) is 13.7 Å². The van der Waals surface area contributed by atoms with Gasteiger partial charge >= 0.3 is 5.97 Å². The maximum Gasteiger partial charge on any atom is 0.306 e. The van der Waals surface area contributed by atoms with Crippen molar-refractivity contribution in [3.8, 4) is 5.75 Å². The minimum atomic E-state index is -0.326. The van der Waals surface area contributed by atoms with E-state index in [1.807, 2.05) is 54.6 Å². The molecule has 0 heterocycles. The van der Waals surface area contributed by atoms with Crippen LogP contribution in [-0.2, 0) is 14.3 Å². The number of methoxy groups -OCH3 is 1. The van der Waals surface area contributed by atoms with Gasteiger partial charge in [-0.15, -0.1) is 0 Å². The molecule has 1 atom stereocenters. The lowest BCUT2D eigenvalue weighted by atomic mass is 9.98. The molecule has 0 unspecified atom stereocenters. The van der Waals surface area contributed by atoms with Gasteiger partial charge in [0.15, 0.2) is 6.61 Å². The van der Waals surface area contributed by atoms with Gasteiger partial charge < -0.3 is 14.8 Å². The number of rotatable bonds is 8. The van der Waals surface area contributed by atoms with E-state index in [2.05, 4.69) is 5.32 Å². The summed E-state index contributed by atoms with van der Waals surface area (Å²) >= 11 is 0.